The maximum atomic E-state index is 13.5. The van der Waals surface area contributed by atoms with Crippen LogP contribution in [-0.2, 0) is 9.59 Å². The lowest BCUT2D eigenvalue weighted by molar-refractivity contribution is -0.115. The number of nitrogens with one attached hydrogen (secondary N) is 1. The molecule has 0 saturated carbocycles. The summed E-state index contributed by atoms with van der Waals surface area (Å²) in [5.74, 6) is 0.679. The number of carbonyl (C=O) groups excluding carboxylic acids is 3. The van der Waals surface area contributed by atoms with Crippen LogP contribution in [0.1, 0.15) is 35.3 Å². The summed E-state index contributed by atoms with van der Waals surface area (Å²) in [6.07, 6.45) is 1.69. The predicted octanol–water partition coefficient (Wildman–Crippen LogP) is 5.43. The number of rotatable bonds is 6. The zero-order chi connectivity index (χ0) is 26.8. The second-order valence-electron chi connectivity index (χ2n) is 8.90. The number of thioether (sulfide) groups is 1. The molecular weight excluding hydrogens is 502 g/mol. The number of anilines is 2. The molecular formula is C29H25N3O5S. The Hall–Kier alpha value is -4.37. The van der Waals surface area contributed by atoms with Gasteiger partial charge in [0.1, 0.15) is 5.70 Å². The Bertz CT molecular complexity index is 1480. The van der Waals surface area contributed by atoms with Gasteiger partial charge in [0.05, 0.1) is 10.9 Å². The second-order valence-corrected chi connectivity index (χ2v) is 10.2. The van der Waals surface area contributed by atoms with Crippen molar-refractivity contribution in [2.45, 2.75) is 26.0 Å². The maximum absolute atomic E-state index is 13.5. The molecule has 0 radical (unpaired) electrons. The minimum absolute atomic E-state index is 0.0449. The standard InChI is InChI=1S/C29H25N3O5S/c1-17-4-11-23(12-5-17)32-28(35)24(14-20-6-13-25-26(15-20)37-16-36-25)31-29(32)38-19(3)27(34)30-22-9-7-21(8-10-22)18(2)33/h4-15,19H,16H2,1-3H3,(H,30,34)/b24-14-. The average molecular weight is 528 g/mol. The number of amidine groups is 1. The number of carbonyl (C=O) groups is 3. The molecule has 8 nitrogen and oxygen atoms in total. The molecule has 0 aliphatic carbocycles. The van der Waals surface area contributed by atoms with Crippen molar-refractivity contribution in [3.8, 4) is 11.5 Å². The molecule has 0 aromatic heterocycles. The largest absolute Gasteiger partial charge is 0.454 e. The van der Waals surface area contributed by atoms with E-state index in [0.29, 0.717) is 33.6 Å². The van der Waals surface area contributed by atoms with Crippen molar-refractivity contribution >= 4 is 52.0 Å². The Kier molecular flexibility index (Phi) is 7.02. The minimum Gasteiger partial charge on any atom is -0.454 e. The predicted molar refractivity (Wildman–Crippen MR) is 149 cm³/mol. The fraction of sp³-hybridized carbons (Fsp3) is 0.172. The van der Waals surface area contributed by atoms with E-state index in [1.807, 2.05) is 37.3 Å². The molecule has 2 heterocycles. The first-order chi connectivity index (χ1) is 18.3. The maximum Gasteiger partial charge on any atom is 0.283 e. The van der Waals surface area contributed by atoms with Crippen LogP contribution in [0.15, 0.2) is 77.4 Å². The van der Waals surface area contributed by atoms with Crippen LogP contribution in [0, 0.1) is 6.92 Å². The summed E-state index contributed by atoms with van der Waals surface area (Å²) < 4.78 is 10.8. The first-order valence-corrected chi connectivity index (χ1v) is 12.9. The number of benzene rings is 3. The lowest BCUT2D eigenvalue weighted by Gasteiger charge is -2.20. The van der Waals surface area contributed by atoms with Crippen molar-refractivity contribution in [3.05, 3.63) is 89.1 Å². The van der Waals surface area contributed by atoms with Gasteiger partial charge in [-0.25, -0.2) is 4.99 Å². The molecule has 38 heavy (non-hydrogen) atoms. The molecule has 0 bridgehead atoms. The molecule has 1 unspecified atom stereocenters. The molecule has 3 aromatic carbocycles. The molecule has 0 saturated heterocycles. The van der Waals surface area contributed by atoms with E-state index in [9.17, 15) is 14.4 Å². The zero-order valence-corrected chi connectivity index (χ0v) is 21.9. The van der Waals surface area contributed by atoms with Crippen LogP contribution in [0.4, 0.5) is 11.4 Å². The van der Waals surface area contributed by atoms with Crippen LogP contribution in [0.25, 0.3) is 6.08 Å². The molecule has 0 fully saturated rings. The number of nitrogens with zero attached hydrogens (tertiary/aromatic N) is 2. The summed E-state index contributed by atoms with van der Waals surface area (Å²) >= 11 is 1.19. The van der Waals surface area contributed by atoms with Crippen LogP contribution < -0.4 is 19.7 Å². The molecule has 9 heteroatoms. The lowest BCUT2D eigenvalue weighted by atomic mass is 10.1. The molecule has 5 rings (SSSR count). The number of aryl methyl sites for hydroxylation is 1. The lowest BCUT2D eigenvalue weighted by Crippen LogP contribution is -2.33. The van der Waals surface area contributed by atoms with Gasteiger partial charge < -0.3 is 14.8 Å². The Morgan fingerprint density at radius 2 is 1.74 bits per heavy atom. The molecule has 3 aromatic rings. The Balaban J connectivity index is 1.39. The van der Waals surface area contributed by atoms with E-state index >= 15 is 0 Å². The number of ketones is 1. The van der Waals surface area contributed by atoms with Crippen molar-refractivity contribution in [3.63, 3.8) is 0 Å². The van der Waals surface area contributed by atoms with Gasteiger partial charge in [-0.15, -0.1) is 0 Å². The van der Waals surface area contributed by atoms with Crippen LogP contribution >= 0.6 is 11.8 Å². The number of fused-ring (bicyclic) bond motifs is 1. The SMILES string of the molecule is CC(=O)c1ccc(NC(=O)C(C)SC2=N/C(=C\c3ccc4c(c3)OCO4)C(=O)N2c2ccc(C)cc2)cc1. The van der Waals surface area contributed by atoms with Crippen molar-refractivity contribution in [1.82, 2.24) is 0 Å². The van der Waals surface area contributed by atoms with E-state index < -0.39 is 5.25 Å². The van der Waals surface area contributed by atoms with Crippen LogP contribution in [0.2, 0.25) is 0 Å². The van der Waals surface area contributed by atoms with Gasteiger partial charge in [0.15, 0.2) is 22.4 Å². The summed E-state index contributed by atoms with van der Waals surface area (Å²) in [6.45, 7) is 5.38. The van der Waals surface area contributed by atoms with Crippen molar-refractivity contribution < 1.29 is 23.9 Å². The highest BCUT2D eigenvalue weighted by Gasteiger charge is 2.34. The summed E-state index contributed by atoms with van der Waals surface area (Å²) in [5.41, 5.74) is 3.87. The van der Waals surface area contributed by atoms with Gasteiger partial charge in [0.2, 0.25) is 12.7 Å². The van der Waals surface area contributed by atoms with Gasteiger partial charge in [-0.3, -0.25) is 19.3 Å². The zero-order valence-electron chi connectivity index (χ0n) is 21.1. The number of hydrogen-bond donors (Lipinski definition) is 1. The minimum atomic E-state index is -0.563. The van der Waals surface area contributed by atoms with Gasteiger partial charge in [-0.05, 0) is 80.9 Å². The normalized spacial score (nSPS) is 16.0. The van der Waals surface area contributed by atoms with Crippen molar-refractivity contribution in [2.24, 2.45) is 4.99 Å². The third-order valence-electron chi connectivity index (χ3n) is 6.03. The molecule has 1 atom stereocenters. The Morgan fingerprint density at radius 3 is 2.45 bits per heavy atom. The fourth-order valence-electron chi connectivity index (χ4n) is 3.90. The van der Waals surface area contributed by atoms with Crippen LogP contribution in [0.5, 0.6) is 11.5 Å². The van der Waals surface area contributed by atoms with Crippen LogP contribution in [-0.4, -0.2) is 34.8 Å². The molecule has 192 valence electrons. The third-order valence-corrected chi connectivity index (χ3v) is 7.08. The molecule has 2 aliphatic rings. The van der Waals surface area contributed by atoms with E-state index in [1.54, 1.807) is 49.4 Å². The highest BCUT2D eigenvalue weighted by molar-refractivity contribution is 8.15. The molecule has 1 N–H and O–H groups in total. The number of amides is 2. The monoisotopic (exact) mass is 527 g/mol. The van der Waals surface area contributed by atoms with Gasteiger partial charge in [0, 0.05) is 11.3 Å². The first kappa shape index (κ1) is 25.3. The molecule has 0 spiro atoms. The van der Waals surface area contributed by atoms with Gasteiger partial charge in [-0.2, -0.15) is 0 Å². The van der Waals surface area contributed by atoms with Gasteiger partial charge in [0.25, 0.3) is 5.91 Å². The van der Waals surface area contributed by atoms with Gasteiger partial charge >= 0.3 is 0 Å². The Labute approximate surface area is 224 Å². The highest BCUT2D eigenvalue weighted by Crippen LogP contribution is 2.35. The second kappa shape index (κ2) is 10.5. The smallest absolute Gasteiger partial charge is 0.283 e. The van der Waals surface area contributed by atoms with Crippen LogP contribution in [0.3, 0.4) is 0 Å². The number of hydrogen-bond acceptors (Lipinski definition) is 7. The van der Waals surface area contributed by atoms with E-state index in [-0.39, 0.29) is 30.1 Å². The van der Waals surface area contributed by atoms with E-state index in [2.05, 4.69) is 10.3 Å². The first-order valence-electron chi connectivity index (χ1n) is 12.0. The van der Waals surface area contributed by atoms with Crippen molar-refractivity contribution in [1.29, 1.82) is 0 Å². The summed E-state index contributed by atoms with van der Waals surface area (Å²) in [7, 11) is 0. The quantitative estimate of drug-likeness (QED) is 0.339. The highest BCUT2D eigenvalue weighted by atomic mass is 32.2. The summed E-state index contributed by atoms with van der Waals surface area (Å²) in [5, 5.41) is 2.70. The molecule has 2 amide bonds. The number of ether oxygens (including phenoxy) is 2. The van der Waals surface area contributed by atoms with E-state index in [4.69, 9.17) is 9.47 Å². The van der Waals surface area contributed by atoms with E-state index in [1.165, 1.54) is 23.6 Å². The average Bonchev–Trinajstić information content (AvgIpc) is 3.49. The summed E-state index contributed by atoms with van der Waals surface area (Å²) in [6, 6.07) is 19.7. The van der Waals surface area contributed by atoms with Gasteiger partial charge in [-0.1, -0.05) is 35.5 Å². The summed E-state index contributed by atoms with van der Waals surface area (Å²) in [4.78, 5) is 44.1. The third kappa shape index (κ3) is 5.33. The number of Topliss-reactive ketones (excluding diaryl/α,β-unsaturated/α-hetero) is 1. The fourth-order valence-corrected chi connectivity index (χ4v) is 4.83. The topological polar surface area (TPSA) is 97.3 Å². The molecule has 2 aliphatic heterocycles. The number of aliphatic imine (C=N–C) groups is 1. The van der Waals surface area contributed by atoms with E-state index in [0.717, 1.165) is 11.1 Å². The van der Waals surface area contributed by atoms with Crippen molar-refractivity contribution in [2.75, 3.05) is 17.0 Å². The Morgan fingerprint density at radius 1 is 1.03 bits per heavy atom.